The number of carbonyl (C=O) groups excluding carboxylic acids is 1. The maximum atomic E-state index is 12.2. The molecule has 36 heavy (non-hydrogen) atoms. The fourth-order valence-electron chi connectivity index (χ4n) is 4.47. The van der Waals surface area contributed by atoms with Gasteiger partial charge in [-0.05, 0) is 55.4 Å². The van der Waals surface area contributed by atoms with Crippen LogP contribution in [-0.4, -0.2) is 29.6 Å². The second kappa shape index (κ2) is 17.1. The standard InChI is InChI=1S/C28H27BrClNO2.C2H5.K/c1-3-6-20(4-2)17-26-18-28(33,13-14-31-26)27(22-9-11-25(30)12-10-22)23(19-32)15-21-7-5-8-24(29)16-21;1-2;/h3-6,8-12,15-16,26-27,31,33H,1-2,13-14,17-18H2;1H2,2H3;/q-2;-1;+1/b20-6+,23-15+;;. The van der Waals surface area contributed by atoms with Crippen LogP contribution in [-0.2, 0) is 4.79 Å². The van der Waals surface area contributed by atoms with Crippen LogP contribution in [0.2, 0.25) is 5.02 Å². The van der Waals surface area contributed by atoms with Crippen molar-refractivity contribution in [2.45, 2.75) is 43.7 Å². The molecule has 1 aliphatic rings. The van der Waals surface area contributed by atoms with Crippen LogP contribution in [0.15, 0.2) is 89.5 Å². The molecule has 1 aliphatic heterocycles. The van der Waals surface area contributed by atoms with Crippen molar-refractivity contribution >= 4 is 39.9 Å². The van der Waals surface area contributed by atoms with Crippen molar-refractivity contribution in [2.24, 2.45) is 0 Å². The van der Waals surface area contributed by atoms with E-state index in [1.54, 1.807) is 43.4 Å². The van der Waals surface area contributed by atoms with E-state index >= 15 is 0 Å². The number of hydrogen-bond donors (Lipinski definition) is 2. The molecule has 3 unspecified atom stereocenters. The van der Waals surface area contributed by atoms with Crippen LogP contribution in [0, 0.1) is 13.0 Å². The molecule has 186 valence electrons. The van der Waals surface area contributed by atoms with Crippen molar-refractivity contribution in [1.82, 2.24) is 5.32 Å². The second-order valence-corrected chi connectivity index (χ2v) is 9.59. The first kappa shape index (κ1) is 33.4. The van der Waals surface area contributed by atoms with Crippen LogP contribution in [0.4, 0.5) is 0 Å². The van der Waals surface area contributed by atoms with E-state index in [1.165, 1.54) is 0 Å². The van der Waals surface area contributed by atoms with Crippen molar-refractivity contribution in [3.8, 4) is 0 Å². The number of halogens is 2. The Balaban J connectivity index is 0.00000211. The zero-order valence-electron chi connectivity index (χ0n) is 21.1. The molecule has 1 heterocycles. The van der Waals surface area contributed by atoms with Crippen molar-refractivity contribution in [2.75, 3.05) is 6.54 Å². The van der Waals surface area contributed by atoms with E-state index in [0.717, 1.165) is 21.2 Å². The van der Waals surface area contributed by atoms with Crippen molar-refractivity contribution in [3.63, 3.8) is 0 Å². The van der Waals surface area contributed by atoms with Gasteiger partial charge in [0.2, 0.25) is 0 Å². The van der Waals surface area contributed by atoms with Crippen molar-refractivity contribution in [1.29, 1.82) is 0 Å². The van der Waals surface area contributed by atoms with E-state index in [2.05, 4.69) is 53.7 Å². The Hall–Kier alpha value is -0.604. The first-order chi connectivity index (χ1) is 16.9. The van der Waals surface area contributed by atoms with Gasteiger partial charge in [0.05, 0.1) is 5.60 Å². The minimum absolute atomic E-state index is 0. The van der Waals surface area contributed by atoms with E-state index in [0.29, 0.717) is 36.4 Å². The minimum atomic E-state index is -1.15. The second-order valence-electron chi connectivity index (χ2n) is 8.24. The zero-order valence-corrected chi connectivity index (χ0v) is 26.5. The molecule has 3 nitrogen and oxygen atoms in total. The Morgan fingerprint density at radius 3 is 2.64 bits per heavy atom. The topological polar surface area (TPSA) is 49.3 Å². The molecule has 3 rings (SSSR count). The molecule has 0 bridgehead atoms. The van der Waals surface area contributed by atoms with Gasteiger partial charge in [-0.25, -0.2) is 0 Å². The molecule has 2 N–H and O–H groups in total. The monoisotopic (exact) mass is 591 g/mol. The number of rotatable bonds is 9. The Kier molecular flexibility index (Phi) is 15.9. The third-order valence-electron chi connectivity index (χ3n) is 5.93. The Morgan fingerprint density at radius 1 is 1.36 bits per heavy atom. The number of hydrogen-bond acceptors (Lipinski definition) is 3. The van der Waals surface area contributed by atoms with E-state index in [-0.39, 0.29) is 57.4 Å². The van der Waals surface area contributed by atoms with Gasteiger partial charge in [0.1, 0.15) is 0 Å². The summed E-state index contributed by atoms with van der Waals surface area (Å²) in [4.78, 5) is 12.2. The van der Waals surface area contributed by atoms with Gasteiger partial charge in [-0.3, -0.25) is 0 Å². The SMILES string of the molecule is C=C/C=C(\C=C)CC1CC(O)(C(/C([C-]=O)=C/c2[c-]ccc(Br)c2)c2ccc(Cl)cc2)CCN1.[CH2-]C.[K+]. The molecular formula is C30H32BrClKNO2-2. The molecule has 6 heteroatoms. The van der Waals surface area contributed by atoms with Gasteiger partial charge < -0.3 is 22.1 Å². The average Bonchev–Trinajstić information content (AvgIpc) is 2.85. The Morgan fingerprint density at radius 2 is 2.06 bits per heavy atom. The van der Waals surface area contributed by atoms with Gasteiger partial charge >= 0.3 is 51.4 Å². The summed E-state index contributed by atoms with van der Waals surface area (Å²) in [6, 6.07) is 16.0. The van der Waals surface area contributed by atoms with Crippen LogP contribution < -0.4 is 56.7 Å². The fourth-order valence-corrected chi connectivity index (χ4v) is 4.97. The van der Waals surface area contributed by atoms with E-state index < -0.39 is 11.5 Å². The van der Waals surface area contributed by atoms with E-state index in [1.807, 2.05) is 30.3 Å². The van der Waals surface area contributed by atoms with Gasteiger partial charge in [-0.2, -0.15) is 12.5 Å². The Bertz CT molecular complexity index is 1070. The van der Waals surface area contributed by atoms with E-state index in [9.17, 15) is 9.90 Å². The largest absolute Gasteiger partial charge is 1.00 e. The van der Waals surface area contributed by atoms with Crippen LogP contribution in [0.25, 0.3) is 6.08 Å². The molecular weight excluding hydrogens is 561 g/mol. The summed E-state index contributed by atoms with van der Waals surface area (Å²) in [6.07, 6.45) is 11.0. The predicted molar refractivity (Wildman–Crippen MR) is 151 cm³/mol. The predicted octanol–water partition coefficient (Wildman–Crippen LogP) is 4.20. The van der Waals surface area contributed by atoms with Crippen LogP contribution in [0.5, 0.6) is 0 Å². The third kappa shape index (κ3) is 9.61. The molecule has 0 radical (unpaired) electrons. The quantitative estimate of drug-likeness (QED) is 0.199. The number of benzene rings is 2. The minimum Gasteiger partial charge on any atom is -0.418 e. The number of aliphatic hydroxyl groups is 1. The normalized spacial score (nSPS) is 20.8. The van der Waals surface area contributed by atoms with Crippen molar-refractivity contribution in [3.05, 3.63) is 119 Å². The van der Waals surface area contributed by atoms with E-state index in [4.69, 9.17) is 11.6 Å². The summed E-state index contributed by atoms with van der Waals surface area (Å²) in [6.45, 7) is 13.3. The molecule has 0 spiro atoms. The molecule has 1 fully saturated rings. The van der Waals surface area contributed by atoms with Gasteiger partial charge in [0.15, 0.2) is 0 Å². The van der Waals surface area contributed by atoms with Gasteiger partial charge in [-0.15, -0.1) is 35.9 Å². The summed E-state index contributed by atoms with van der Waals surface area (Å²) in [7, 11) is 0. The first-order valence-corrected chi connectivity index (χ1v) is 12.7. The average molecular weight is 593 g/mol. The maximum absolute atomic E-state index is 12.2. The molecule has 0 aliphatic carbocycles. The van der Waals surface area contributed by atoms with Crippen molar-refractivity contribution < 1.29 is 61.3 Å². The number of piperidine rings is 1. The molecule has 0 saturated carbocycles. The van der Waals surface area contributed by atoms with Gasteiger partial charge in [0.25, 0.3) is 0 Å². The fraction of sp³-hybridized carbons (Fsp3) is 0.267. The number of nitrogens with one attached hydrogen (secondary N) is 1. The first-order valence-electron chi connectivity index (χ1n) is 11.5. The van der Waals surface area contributed by atoms with Gasteiger partial charge in [0, 0.05) is 17.0 Å². The van der Waals surface area contributed by atoms with Crippen LogP contribution in [0.1, 0.15) is 43.2 Å². The van der Waals surface area contributed by atoms with Gasteiger partial charge in [-0.1, -0.05) is 75.5 Å². The summed E-state index contributed by atoms with van der Waals surface area (Å²) in [5.41, 5.74) is 1.81. The zero-order chi connectivity index (χ0) is 25.8. The number of allylic oxidation sites excluding steroid dienone is 3. The molecule has 3 atom stereocenters. The molecule has 2 aromatic carbocycles. The van der Waals surface area contributed by atoms with Crippen LogP contribution >= 0.6 is 27.5 Å². The Labute approximate surface area is 272 Å². The molecule has 2 aromatic rings. The third-order valence-corrected chi connectivity index (χ3v) is 6.68. The summed E-state index contributed by atoms with van der Waals surface area (Å²) >= 11 is 9.59. The van der Waals surface area contributed by atoms with Crippen LogP contribution in [0.3, 0.4) is 0 Å². The summed E-state index contributed by atoms with van der Waals surface area (Å²) in [5, 5.41) is 16.1. The summed E-state index contributed by atoms with van der Waals surface area (Å²) < 4.78 is 0.882. The summed E-state index contributed by atoms with van der Waals surface area (Å²) in [5.74, 6) is -0.570. The molecule has 1 saturated heterocycles. The molecule has 0 amide bonds. The maximum Gasteiger partial charge on any atom is 1.00 e. The molecule has 0 aromatic heterocycles. The smallest absolute Gasteiger partial charge is 0.418 e.